The lowest BCUT2D eigenvalue weighted by Crippen LogP contribution is -2.19. The molecule has 7 nitrogen and oxygen atoms in total. The molecule has 0 unspecified atom stereocenters. The molecule has 0 fully saturated rings. The highest BCUT2D eigenvalue weighted by Gasteiger charge is 2.05. The maximum atomic E-state index is 12.2. The molecule has 0 aliphatic heterocycles. The first-order valence-corrected chi connectivity index (χ1v) is 9.00. The van der Waals surface area contributed by atoms with Gasteiger partial charge in [0.05, 0.1) is 11.9 Å². The summed E-state index contributed by atoms with van der Waals surface area (Å²) in [5.74, 6) is 0.640. The average Bonchev–Trinajstić information content (AvgIpc) is 2.66. The van der Waals surface area contributed by atoms with Gasteiger partial charge in [-0.3, -0.25) is 0 Å². The molecule has 1 heterocycles. The lowest BCUT2D eigenvalue weighted by Gasteiger charge is -2.13. The highest BCUT2D eigenvalue weighted by Crippen LogP contribution is 2.22. The predicted molar refractivity (Wildman–Crippen MR) is 115 cm³/mol. The van der Waals surface area contributed by atoms with E-state index < -0.39 is 0 Å². The lowest BCUT2D eigenvalue weighted by atomic mass is 10.2. The molecular formula is C20H21ClN6O. The van der Waals surface area contributed by atoms with Crippen LogP contribution >= 0.6 is 11.6 Å². The molecule has 8 heteroatoms. The standard InChI is InChI=1S/C20H21ClN6O/c1-13-4-5-16(10-18(13)21)25-20(28)24-15-8-6-14(7-9-15)23-19-11-17(27(2)3)12-22-26-19/h4-12H,1-3H3,(H,23,26)(H2,24,25,28). The fraction of sp³-hybridized carbons (Fsp3) is 0.150. The van der Waals surface area contributed by atoms with Crippen molar-refractivity contribution in [2.75, 3.05) is 34.9 Å². The van der Waals surface area contributed by atoms with Crippen LogP contribution in [0.4, 0.5) is 33.4 Å². The van der Waals surface area contributed by atoms with Crippen LogP contribution in [-0.4, -0.2) is 30.3 Å². The zero-order valence-corrected chi connectivity index (χ0v) is 16.6. The normalized spacial score (nSPS) is 10.3. The molecule has 0 aliphatic rings. The first-order valence-electron chi connectivity index (χ1n) is 8.62. The SMILES string of the molecule is Cc1ccc(NC(=O)Nc2ccc(Nc3cc(N(C)C)cnn3)cc2)cc1Cl. The largest absolute Gasteiger partial charge is 0.376 e. The highest BCUT2D eigenvalue weighted by atomic mass is 35.5. The van der Waals surface area contributed by atoms with E-state index in [1.165, 1.54) is 0 Å². The average molecular weight is 397 g/mol. The summed E-state index contributed by atoms with van der Waals surface area (Å²) in [6, 6.07) is 14.2. The van der Waals surface area contributed by atoms with Crippen molar-refractivity contribution in [2.45, 2.75) is 6.92 Å². The Hall–Kier alpha value is -3.32. The molecule has 0 atom stereocenters. The summed E-state index contributed by atoms with van der Waals surface area (Å²) in [5, 5.41) is 17.4. The van der Waals surface area contributed by atoms with Crippen LogP contribution in [0.5, 0.6) is 0 Å². The van der Waals surface area contributed by atoms with Gasteiger partial charge in [0.25, 0.3) is 0 Å². The maximum Gasteiger partial charge on any atom is 0.323 e. The van der Waals surface area contributed by atoms with E-state index in [1.54, 1.807) is 30.5 Å². The van der Waals surface area contributed by atoms with Crippen molar-refractivity contribution in [3.8, 4) is 0 Å². The number of nitrogens with zero attached hydrogens (tertiary/aromatic N) is 3. The van der Waals surface area contributed by atoms with Crippen LogP contribution in [0.25, 0.3) is 0 Å². The Morgan fingerprint density at radius 1 is 0.964 bits per heavy atom. The van der Waals surface area contributed by atoms with E-state index in [0.717, 1.165) is 16.9 Å². The van der Waals surface area contributed by atoms with Gasteiger partial charge in [-0.2, -0.15) is 5.10 Å². The second-order valence-electron chi connectivity index (χ2n) is 6.44. The summed E-state index contributed by atoms with van der Waals surface area (Å²) >= 11 is 6.08. The summed E-state index contributed by atoms with van der Waals surface area (Å²) < 4.78 is 0. The molecule has 1 aromatic heterocycles. The van der Waals surface area contributed by atoms with Crippen molar-refractivity contribution in [3.63, 3.8) is 0 Å². The number of nitrogens with one attached hydrogen (secondary N) is 3. The molecule has 2 aromatic carbocycles. The quantitative estimate of drug-likeness (QED) is 0.571. The first-order chi connectivity index (χ1) is 13.4. The van der Waals surface area contributed by atoms with Gasteiger partial charge in [-0.05, 0) is 48.9 Å². The van der Waals surface area contributed by atoms with Crippen LogP contribution in [0.15, 0.2) is 54.7 Å². The van der Waals surface area contributed by atoms with Crippen molar-refractivity contribution < 1.29 is 4.79 Å². The molecule has 0 aliphatic carbocycles. The van der Waals surface area contributed by atoms with Crippen molar-refractivity contribution >= 4 is 46.2 Å². The number of aromatic nitrogens is 2. The Labute approximate surface area is 168 Å². The van der Waals surface area contributed by atoms with E-state index in [1.807, 2.05) is 50.2 Å². The van der Waals surface area contributed by atoms with Crippen LogP contribution in [-0.2, 0) is 0 Å². The van der Waals surface area contributed by atoms with Crippen LogP contribution < -0.4 is 20.9 Å². The number of aryl methyl sites for hydroxylation is 1. The molecule has 0 saturated carbocycles. The van der Waals surface area contributed by atoms with E-state index in [2.05, 4.69) is 26.1 Å². The van der Waals surface area contributed by atoms with Crippen molar-refractivity contribution in [1.29, 1.82) is 0 Å². The molecule has 3 aromatic rings. The summed E-state index contributed by atoms with van der Waals surface area (Å²) in [6.45, 7) is 1.91. The highest BCUT2D eigenvalue weighted by molar-refractivity contribution is 6.31. The molecule has 0 spiro atoms. The van der Waals surface area contributed by atoms with Gasteiger partial charge in [0.1, 0.15) is 0 Å². The number of hydrogen-bond acceptors (Lipinski definition) is 5. The van der Waals surface area contributed by atoms with Crippen LogP contribution in [0.1, 0.15) is 5.56 Å². The molecule has 28 heavy (non-hydrogen) atoms. The van der Waals surface area contributed by atoms with Crippen molar-refractivity contribution in [1.82, 2.24) is 10.2 Å². The second-order valence-corrected chi connectivity index (χ2v) is 6.85. The minimum atomic E-state index is -0.342. The van der Waals surface area contributed by atoms with Gasteiger partial charge >= 0.3 is 6.03 Å². The van der Waals surface area contributed by atoms with E-state index >= 15 is 0 Å². The lowest BCUT2D eigenvalue weighted by molar-refractivity contribution is 0.262. The monoisotopic (exact) mass is 396 g/mol. The Balaban J connectivity index is 1.60. The minimum absolute atomic E-state index is 0.342. The van der Waals surface area contributed by atoms with Crippen molar-refractivity contribution in [2.24, 2.45) is 0 Å². The molecule has 3 rings (SSSR count). The smallest absolute Gasteiger partial charge is 0.323 e. The number of carbonyl (C=O) groups excluding carboxylic acids is 1. The van der Waals surface area contributed by atoms with Gasteiger partial charge in [-0.1, -0.05) is 17.7 Å². The number of benzene rings is 2. The number of hydrogen-bond donors (Lipinski definition) is 3. The molecule has 0 radical (unpaired) electrons. The molecule has 0 saturated heterocycles. The van der Waals surface area contributed by atoms with E-state index in [4.69, 9.17) is 11.6 Å². The molecule has 3 N–H and O–H groups in total. The zero-order chi connectivity index (χ0) is 20.1. The zero-order valence-electron chi connectivity index (χ0n) is 15.8. The van der Waals surface area contributed by atoms with Gasteiger partial charge in [0, 0.05) is 42.2 Å². The Kier molecular flexibility index (Phi) is 5.96. The number of anilines is 5. The number of carbonyl (C=O) groups is 1. The maximum absolute atomic E-state index is 12.2. The molecule has 0 bridgehead atoms. The third-order valence-corrected chi connectivity index (χ3v) is 4.41. The van der Waals surface area contributed by atoms with Gasteiger partial charge in [-0.15, -0.1) is 5.10 Å². The van der Waals surface area contributed by atoms with Gasteiger partial charge in [-0.25, -0.2) is 4.79 Å². The fourth-order valence-electron chi connectivity index (χ4n) is 2.41. The predicted octanol–water partition coefficient (Wildman–Crippen LogP) is 4.89. The van der Waals surface area contributed by atoms with Crippen molar-refractivity contribution in [3.05, 3.63) is 65.3 Å². The van der Waals surface area contributed by atoms with Crippen LogP contribution in [0.2, 0.25) is 5.02 Å². The number of urea groups is 1. The number of amides is 2. The van der Waals surface area contributed by atoms with E-state index in [0.29, 0.717) is 22.2 Å². The molecule has 2 amide bonds. The Bertz CT molecular complexity index is 975. The summed E-state index contributed by atoms with van der Waals surface area (Å²) in [7, 11) is 3.88. The second kappa shape index (κ2) is 8.58. The Morgan fingerprint density at radius 2 is 1.61 bits per heavy atom. The van der Waals surface area contributed by atoms with Gasteiger partial charge < -0.3 is 20.9 Å². The topological polar surface area (TPSA) is 82.2 Å². The van der Waals surface area contributed by atoms with Crippen LogP contribution in [0, 0.1) is 6.92 Å². The number of rotatable bonds is 5. The van der Waals surface area contributed by atoms with E-state index in [9.17, 15) is 4.79 Å². The molecule has 144 valence electrons. The van der Waals surface area contributed by atoms with Crippen LogP contribution in [0.3, 0.4) is 0 Å². The summed E-state index contributed by atoms with van der Waals surface area (Å²) in [5.41, 5.74) is 4.03. The van der Waals surface area contributed by atoms with Gasteiger partial charge in [0.2, 0.25) is 0 Å². The fourth-order valence-corrected chi connectivity index (χ4v) is 2.59. The Morgan fingerprint density at radius 3 is 2.29 bits per heavy atom. The minimum Gasteiger partial charge on any atom is -0.376 e. The number of halogens is 1. The summed E-state index contributed by atoms with van der Waals surface area (Å²) in [4.78, 5) is 14.1. The van der Waals surface area contributed by atoms with E-state index in [-0.39, 0.29) is 6.03 Å². The van der Waals surface area contributed by atoms with Gasteiger partial charge in [0.15, 0.2) is 5.82 Å². The molecular weight excluding hydrogens is 376 g/mol. The third-order valence-electron chi connectivity index (χ3n) is 4.00. The third kappa shape index (κ3) is 5.11. The summed E-state index contributed by atoms with van der Waals surface area (Å²) in [6.07, 6.45) is 1.69. The first kappa shape index (κ1) is 19.4.